The van der Waals surface area contributed by atoms with Crippen LogP contribution in [0.4, 0.5) is 4.39 Å². The molecule has 1 aromatic carbocycles. The Hall–Kier alpha value is -2.17. The Morgan fingerprint density at radius 2 is 2.19 bits per heavy atom. The molecule has 1 heterocycles. The maximum absolute atomic E-state index is 13.1. The van der Waals surface area contributed by atoms with E-state index in [0.29, 0.717) is 5.69 Å². The summed E-state index contributed by atoms with van der Waals surface area (Å²) < 4.78 is 14.6. The third-order valence-electron chi connectivity index (χ3n) is 2.13. The molecule has 0 radical (unpaired) electrons. The predicted octanol–water partition coefficient (Wildman–Crippen LogP) is 2.02. The van der Waals surface area contributed by atoms with Crippen LogP contribution in [0.5, 0.6) is 0 Å². The molecule has 0 bridgehead atoms. The molecule has 0 aliphatic heterocycles. The SMILES string of the molecule is Cc1cc(F)cc(-n2cnc(C(=O)O)c2)c1. The summed E-state index contributed by atoms with van der Waals surface area (Å²) in [5.41, 5.74) is 1.25. The van der Waals surface area contributed by atoms with E-state index in [4.69, 9.17) is 5.11 Å². The molecule has 2 rings (SSSR count). The van der Waals surface area contributed by atoms with E-state index in [2.05, 4.69) is 4.98 Å². The quantitative estimate of drug-likeness (QED) is 0.842. The van der Waals surface area contributed by atoms with Crippen LogP contribution in [0.15, 0.2) is 30.7 Å². The molecule has 0 saturated heterocycles. The zero-order valence-electron chi connectivity index (χ0n) is 8.51. The van der Waals surface area contributed by atoms with Gasteiger partial charge in [0, 0.05) is 11.9 Å². The predicted molar refractivity (Wildman–Crippen MR) is 55.2 cm³/mol. The second kappa shape index (κ2) is 3.77. The van der Waals surface area contributed by atoms with Crippen molar-refractivity contribution >= 4 is 5.97 Å². The van der Waals surface area contributed by atoms with Crippen molar-refractivity contribution in [3.05, 3.63) is 47.8 Å². The minimum Gasteiger partial charge on any atom is -0.476 e. The van der Waals surface area contributed by atoms with Gasteiger partial charge in [-0.05, 0) is 30.7 Å². The zero-order chi connectivity index (χ0) is 11.7. The van der Waals surface area contributed by atoms with Crippen molar-refractivity contribution in [2.24, 2.45) is 0 Å². The number of carboxylic acids is 1. The summed E-state index contributed by atoms with van der Waals surface area (Å²) in [5, 5.41) is 8.70. The summed E-state index contributed by atoms with van der Waals surface area (Å²) in [6.45, 7) is 1.77. The van der Waals surface area contributed by atoms with Crippen LogP contribution in [-0.2, 0) is 0 Å². The number of benzene rings is 1. The van der Waals surface area contributed by atoms with Crippen LogP contribution in [0.2, 0.25) is 0 Å². The highest BCUT2D eigenvalue weighted by molar-refractivity contribution is 5.85. The Kier molecular flexibility index (Phi) is 2.44. The first-order valence-electron chi connectivity index (χ1n) is 4.61. The van der Waals surface area contributed by atoms with E-state index in [1.165, 1.54) is 29.2 Å². The van der Waals surface area contributed by atoms with E-state index in [0.717, 1.165) is 5.56 Å². The molecular formula is C11H9FN2O2. The summed E-state index contributed by atoms with van der Waals surface area (Å²) in [6, 6.07) is 4.47. The largest absolute Gasteiger partial charge is 0.476 e. The number of rotatable bonds is 2. The highest BCUT2D eigenvalue weighted by atomic mass is 19.1. The molecule has 0 aliphatic carbocycles. The van der Waals surface area contributed by atoms with Crippen molar-refractivity contribution in [1.82, 2.24) is 9.55 Å². The molecule has 1 N–H and O–H groups in total. The number of hydrogen-bond donors (Lipinski definition) is 1. The lowest BCUT2D eigenvalue weighted by Gasteiger charge is -2.03. The lowest BCUT2D eigenvalue weighted by molar-refractivity contribution is 0.0691. The van der Waals surface area contributed by atoms with Gasteiger partial charge in [-0.1, -0.05) is 0 Å². The second-order valence-electron chi connectivity index (χ2n) is 3.46. The summed E-state index contributed by atoms with van der Waals surface area (Å²) in [6.07, 6.45) is 2.69. The molecule has 0 unspecified atom stereocenters. The van der Waals surface area contributed by atoms with E-state index in [9.17, 15) is 9.18 Å². The summed E-state index contributed by atoms with van der Waals surface area (Å²) >= 11 is 0. The van der Waals surface area contributed by atoms with Crippen molar-refractivity contribution in [1.29, 1.82) is 0 Å². The monoisotopic (exact) mass is 220 g/mol. The van der Waals surface area contributed by atoms with Gasteiger partial charge in [0.15, 0.2) is 5.69 Å². The number of aromatic carboxylic acids is 1. The van der Waals surface area contributed by atoms with Crippen molar-refractivity contribution in [3.8, 4) is 5.69 Å². The molecular weight excluding hydrogens is 211 g/mol. The van der Waals surface area contributed by atoms with E-state index in [1.807, 2.05) is 0 Å². The van der Waals surface area contributed by atoms with E-state index >= 15 is 0 Å². The molecule has 1 aromatic heterocycles. The van der Waals surface area contributed by atoms with Gasteiger partial charge in [0.2, 0.25) is 0 Å². The first kappa shape index (κ1) is 10.4. The highest BCUT2D eigenvalue weighted by Crippen LogP contribution is 2.13. The van der Waals surface area contributed by atoms with Crippen LogP contribution in [0.3, 0.4) is 0 Å². The van der Waals surface area contributed by atoms with Gasteiger partial charge in [-0.3, -0.25) is 0 Å². The third-order valence-corrected chi connectivity index (χ3v) is 2.13. The summed E-state index contributed by atoms with van der Waals surface area (Å²) in [7, 11) is 0. The Morgan fingerprint density at radius 3 is 2.75 bits per heavy atom. The van der Waals surface area contributed by atoms with Gasteiger partial charge >= 0.3 is 5.97 Å². The number of nitrogens with zero attached hydrogens (tertiary/aromatic N) is 2. The molecule has 0 atom stereocenters. The topological polar surface area (TPSA) is 55.1 Å². The fraction of sp³-hybridized carbons (Fsp3) is 0.0909. The summed E-state index contributed by atoms with van der Waals surface area (Å²) in [4.78, 5) is 14.3. The van der Waals surface area contributed by atoms with Crippen molar-refractivity contribution in [2.75, 3.05) is 0 Å². The van der Waals surface area contributed by atoms with E-state index < -0.39 is 5.97 Å². The Balaban J connectivity index is 2.46. The van der Waals surface area contributed by atoms with Gasteiger partial charge in [0.25, 0.3) is 0 Å². The molecule has 16 heavy (non-hydrogen) atoms. The number of carbonyl (C=O) groups is 1. The fourth-order valence-corrected chi connectivity index (χ4v) is 1.44. The first-order chi connectivity index (χ1) is 7.56. The molecule has 2 aromatic rings. The number of imidazole rings is 1. The average molecular weight is 220 g/mol. The lowest BCUT2D eigenvalue weighted by Crippen LogP contribution is -1.96. The van der Waals surface area contributed by atoms with Gasteiger partial charge in [0.05, 0.1) is 0 Å². The maximum atomic E-state index is 13.1. The van der Waals surface area contributed by atoms with Gasteiger partial charge < -0.3 is 9.67 Å². The van der Waals surface area contributed by atoms with Crippen LogP contribution in [0.1, 0.15) is 16.1 Å². The number of halogens is 1. The first-order valence-corrected chi connectivity index (χ1v) is 4.61. The average Bonchev–Trinajstić information content (AvgIpc) is 2.64. The number of aryl methyl sites for hydroxylation is 1. The minimum atomic E-state index is -1.10. The maximum Gasteiger partial charge on any atom is 0.356 e. The Labute approximate surface area is 91.0 Å². The normalized spacial score (nSPS) is 10.4. The second-order valence-corrected chi connectivity index (χ2v) is 3.46. The number of carboxylic acid groups (broad SMARTS) is 1. The van der Waals surface area contributed by atoms with Crippen LogP contribution >= 0.6 is 0 Å². The standard InChI is InChI=1S/C11H9FN2O2/c1-7-2-8(12)4-9(3-7)14-5-10(11(15)16)13-6-14/h2-6H,1H3,(H,15,16). The van der Waals surface area contributed by atoms with Gasteiger partial charge in [-0.25, -0.2) is 14.2 Å². The smallest absolute Gasteiger partial charge is 0.356 e. The molecule has 82 valence electrons. The van der Waals surface area contributed by atoms with Gasteiger partial charge in [0.1, 0.15) is 12.1 Å². The summed E-state index contributed by atoms with van der Waals surface area (Å²) in [5.74, 6) is -1.47. The Bertz CT molecular complexity index is 528. The van der Waals surface area contributed by atoms with Crippen LogP contribution in [-0.4, -0.2) is 20.6 Å². The van der Waals surface area contributed by atoms with Crippen molar-refractivity contribution < 1.29 is 14.3 Å². The molecule has 5 heteroatoms. The molecule has 0 fully saturated rings. The number of aromatic nitrogens is 2. The van der Waals surface area contributed by atoms with E-state index in [-0.39, 0.29) is 11.5 Å². The minimum absolute atomic E-state index is 0.0677. The van der Waals surface area contributed by atoms with Crippen LogP contribution in [0.25, 0.3) is 5.69 Å². The van der Waals surface area contributed by atoms with Crippen molar-refractivity contribution in [2.45, 2.75) is 6.92 Å². The molecule has 0 spiro atoms. The van der Waals surface area contributed by atoms with Crippen LogP contribution < -0.4 is 0 Å². The molecule has 0 aliphatic rings. The van der Waals surface area contributed by atoms with Gasteiger partial charge in [-0.2, -0.15) is 0 Å². The lowest BCUT2D eigenvalue weighted by atomic mass is 10.2. The third kappa shape index (κ3) is 1.93. The van der Waals surface area contributed by atoms with Gasteiger partial charge in [-0.15, -0.1) is 0 Å². The fourth-order valence-electron chi connectivity index (χ4n) is 1.44. The zero-order valence-corrected chi connectivity index (χ0v) is 8.51. The van der Waals surface area contributed by atoms with E-state index in [1.54, 1.807) is 13.0 Å². The molecule has 0 amide bonds. The molecule has 4 nitrogen and oxygen atoms in total. The van der Waals surface area contributed by atoms with Crippen LogP contribution in [0, 0.1) is 12.7 Å². The Morgan fingerprint density at radius 1 is 1.44 bits per heavy atom. The number of hydrogen-bond acceptors (Lipinski definition) is 2. The highest BCUT2D eigenvalue weighted by Gasteiger charge is 2.08. The van der Waals surface area contributed by atoms with Crippen molar-refractivity contribution in [3.63, 3.8) is 0 Å². The molecule has 0 saturated carbocycles.